The SMILES string of the molecule is CC(C)(C)OC(=O)C[C@@H](CCCCNC(=O)OC(C)(C)C)C(=O)O. The lowest BCUT2D eigenvalue weighted by Gasteiger charge is -2.21. The quantitative estimate of drug-likeness (QED) is 0.518. The van der Waals surface area contributed by atoms with Crippen molar-refractivity contribution in [3.05, 3.63) is 0 Å². The number of unbranched alkanes of at least 4 members (excludes halogenated alkanes) is 1. The van der Waals surface area contributed by atoms with E-state index in [-0.39, 0.29) is 6.42 Å². The number of aliphatic carboxylic acids is 1. The second-order valence-corrected chi connectivity index (χ2v) is 7.75. The van der Waals surface area contributed by atoms with E-state index in [9.17, 15) is 19.5 Å². The van der Waals surface area contributed by atoms with Gasteiger partial charge in [-0.25, -0.2) is 4.79 Å². The van der Waals surface area contributed by atoms with Crippen LogP contribution in [0.1, 0.15) is 67.2 Å². The largest absolute Gasteiger partial charge is 0.481 e. The zero-order chi connectivity index (χ0) is 19.0. The topological polar surface area (TPSA) is 102 Å². The van der Waals surface area contributed by atoms with Crippen molar-refractivity contribution in [1.82, 2.24) is 5.32 Å². The van der Waals surface area contributed by atoms with Gasteiger partial charge in [0.15, 0.2) is 0 Å². The van der Waals surface area contributed by atoms with Gasteiger partial charge in [0, 0.05) is 6.54 Å². The van der Waals surface area contributed by atoms with Gasteiger partial charge in [0.2, 0.25) is 0 Å². The molecule has 0 aliphatic carbocycles. The molecule has 0 aliphatic rings. The lowest BCUT2D eigenvalue weighted by atomic mass is 9.98. The van der Waals surface area contributed by atoms with Gasteiger partial charge in [-0.3, -0.25) is 9.59 Å². The summed E-state index contributed by atoms with van der Waals surface area (Å²) in [5.41, 5.74) is -1.18. The molecule has 0 aromatic rings. The number of hydrogen-bond donors (Lipinski definition) is 2. The summed E-state index contributed by atoms with van der Waals surface area (Å²) in [5.74, 6) is -2.30. The molecular weight excluding hydrogens is 314 g/mol. The molecule has 0 aromatic carbocycles. The van der Waals surface area contributed by atoms with Crippen LogP contribution in [-0.2, 0) is 19.1 Å². The first-order valence-corrected chi connectivity index (χ1v) is 8.21. The van der Waals surface area contributed by atoms with Crippen molar-refractivity contribution in [2.75, 3.05) is 6.54 Å². The Morgan fingerprint density at radius 3 is 1.96 bits per heavy atom. The summed E-state index contributed by atoms with van der Waals surface area (Å²) in [7, 11) is 0. The number of carbonyl (C=O) groups excluding carboxylic acids is 2. The minimum atomic E-state index is -1.01. The summed E-state index contributed by atoms with van der Waals surface area (Å²) in [5, 5.41) is 11.8. The average molecular weight is 345 g/mol. The standard InChI is InChI=1S/C17H31NO6/c1-16(2,3)23-13(19)11-12(14(20)21)9-7-8-10-18-15(22)24-17(4,5)6/h12H,7-11H2,1-6H3,(H,18,22)(H,20,21)/t12-/m1/s1. The van der Waals surface area contributed by atoms with Gasteiger partial charge in [0.25, 0.3) is 0 Å². The van der Waals surface area contributed by atoms with Crippen LogP contribution in [0.3, 0.4) is 0 Å². The van der Waals surface area contributed by atoms with Gasteiger partial charge in [0.1, 0.15) is 11.2 Å². The van der Waals surface area contributed by atoms with Gasteiger partial charge in [0.05, 0.1) is 12.3 Å². The molecule has 1 atom stereocenters. The first-order chi connectivity index (χ1) is 10.8. The lowest BCUT2D eigenvalue weighted by Crippen LogP contribution is -2.33. The Balaban J connectivity index is 4.09. The van der Waals surface area contributed by atoms with Crippen LogP contribution in [0.4, 0.5) is 4.79 Å². The molecule has 0 spiro atoms. The second-order valence-electron chi connectivity index (χ2n) is 7.75. The highest BCUT2D eigenvalue weighted by atomic mass is 16.6. The number of alkyl carbamates (subject to hydrolysis) is 1. The molecule has 0 saturated heterocycles. The molecule has 140 valence electrons. The molecule has 0 bridgehead atoms. The molecule has 0 fully saturated rings. The third-order valence-corrected chi connectivity index (χ3v) is 2.83. The van der Waals surface area contributed by atoms with Crippen molar-refractivity contribution < 1.29 is 29.0 Å². The molecule has 0 radical (unpaired) electrons. The highest BCUT2D eigenvalue weighted by molar-refractivity contribution is 5.78. The normalized spacial score (nSPS) is 13.1. The van der Waals surface area contributed by atoms with E-state index in [0.717, 1.165) is 0 Å². The van der Waals surface area contributed by atoms with Gasteiger partial charge in [-0.1, -0.05) is 6.42 Å². The molecule has 7 nitrogen and oxygen atoms in total. The van der Waals surface area contributed by atoms with Gasteiger partial charge in [-0.15, -0.1) is 0 Å². The van der Waals surface area contributed by atoms with E-state index in [0.29, 0.717) is 25.8 Å². The number of carboxylic acid groups (broad SMARTS) is 1. The van der Waals surface area contributed by atoms with Gasteiger partial charge in [-0.2, -0.15) is 0 Å². The highest BCUT2D eigenvalue weighted by Gasteiger charge is 2.24. The fourth-order valence-corrected chi connectivity index (χ4v) is 1.92. The second kappa shape index (κ2) is 9.49. The highest BCUT2D eigenvalue weighted by Crippen LogP contribution is 2.17. The number of amides is 1. The first-order valence-electron chi connectivity index (χ1n) is 8.21. The van der Waals surface area contributed by atoms with Crippen LogP contribution in [0.25, 0.3) is 0 Å². The van der Waals surface area contributed by atoms with Crippen molar-refractivity contribution >= 4 is 18.0 Å². The van der Waals surface area contributed by atoms with E-state index in [1.54, 1.807) is 41.5 Å². The number of hydrogen-bond acceptors (Lipinski definition) is 5. The summed E-state index contributed by atoms with van der Waals surface area (Å²) in [6.07, 6.45) is 0.898. The van der Waals surface area contributed by atoms with E-state index in [1.807, 2.05) is 0 Å². The van der Waals surface area contributed by atoms with Gasteiger partial charge >= 0.3 is 18.0 Å². The van der Waals surface area contributed by atoms with Crippen LogP contribution in [0.2, 0.25) is 0 Å². The number of rotatable bonds is 8. The zero-order valence-corrected chi connectivity index (χ0v) is 15.6. The van der Waals surface area contributed by atoms with E-state index in [1.165, 1.54) is 0 Å². The zero-order valence-electron chi connectivity index (χ0n) is 15.6. The van der Waals surface area contributed by atoms with E-state index < -0.39 is 35.2 Å². The molecule has 1 amide bonds. The maximum absolute atomic E-state index is 11.7. The van der Waals surface area contributed by atoms with Gasteiger partial charge in [-0.05, 0) is 54.4 Å². The smallest absolute Gasteiger partial charge is 0.407 e. The molecule has 0 unspecified atom stereocenters. The Morgan fingerprint density at radius 1 is 0.958 bits per heavy atom. The average Bonchev–Trinajstić information content (AvgIpc) is 2.32. The Morgan fingerprint density at radius 2 is 1.50 bits per heavy atom. The van der Waals surface area contributed by atoms with E-state index in [2.05, 4.69) is 5.32 Å². The monoisotopic (exact) mass is 345 g/mol. The van der Waals surface area contributed by atoms with Crippen molar-refractivity contribution in [2.24, 2.45) is 5.92 Å². The Labute approximate surface area is 144 Å². The first kappa shape index (κ1) is 22.2. The number of esters is 1. The molecule has 2 N–H and O–H groups in total. The molecule has 7 heteroatoms. The fraction of sp³-hybridized carbons (Fsp3) is 0.824. The van der Waals surface area contributed by atoms with Crippen molar-refractivity contribution in [3.8, 4) is 0 Å². The van der Waals surface area contributed by atoms with E-state index in [4.69, 9.17) is 9.47 Å². The van der Waals surface area contributed by atoms with Crippen LogP contribution >= 0.6 is 0 Å². The Bertz CT molecular complexity index is 433. The number of carboxylic acids is 1. The fourth-order valence-electron chi connectivity index (χ4n) is 1.92. The summed E-state index contributed by atoms with van der Waals surface area (Å²) in [4.78, 5) is 34.4. The van der Waals surface area contributed by atoms with Crippen LogP contribution in [-0.4, -0.2) is 40.9 Å². The number of ether oxygens (including phenoxy) is 2. The van der Waals surface area contributed by atoms with Crippen LogP contribution < -0.4 is 5.32 Å². The molecule has 0 rings (SSSR count). The molecule has 0 aromatic heterocycles. The predicted molar refractivity (Wildman–Crippen MR) is 89.7 cm³/mol. The maximum atomic E-state index is 11.7. The predicted octanol–water partition coefficient (Wildman–Crippen LogP) is 3.11. The number of carbonyl (C=O) groups is 3. The lowest BCUT2D eigenvalue weighted by molar-refractivity contribution is -0.160. The van der Waals surface area contributed by atoms with E-state index >= 15 is 0 Å². The Hall–Kier alpha value is -1.79. The van der Waals surface area contributed by atoms with Crippen LogP contribution in [0.5, 0.6) is 0 Å². The molecule has 0 aliphatic heterocycles. The third-order valence-electron chi connectivity index (χ3n) is 2.83. The van der Waals surface area contributed by atoms with Crippen molar-refractivity contribution in [2.45, 2.75) is 78.4 Å². The number of nitrogens with one attached hydrogen (secondary N) is 1. The molecule has 24 heavy (non-hydrogen) atoms. The molecular formula is C17H31NO6. The molecule has 0 saturated carbocycles. The van der Waals surface area contributed by atoms with Crippen LogP contribution in [0, 0.1) is 5.92 Å². The summed E-state index contributed by atoms with van der Waals surface area (Å²) < 4.78 is 10.2. The van der Waals surface area contributed by atoms with Gasteiger partial charge < -0.3 is 19.9 Å². The Kier molecular flexibility index (Phi) is 8.78. The minimum Gasteiger partial charge on any atom is -0.481 e. The summed E-state index contributed by atoms with van der Waals surface area (Å²) >= 11 is 0. The van der Waals surface area contributed by atoms with Crippen LogP contribution in [0.15, 0.2) is 0 Å². The minimum absolute atomic E-state index is 0.147. The maximum Gasteiger partial charge on any atom is 0.407 e. The van der Waals surface area contributed by atoms with Crippen molar-refractivity contribution in [1.29, 1.82) is 0 Å². The van der Waals surface area contributed by atoms with Crippen molar-refractivity contribution in [3.63, 3.8) is 0 Å². The third kappa shape index (κ3) is 12.7. The molecule has 0 heterocycles. The summed E-state index contributed by atoms with van der Waals surface area (Å²) in [6, 6.07) is 0. The summed E-state index contributed by atoms with van der Waals surface area (Å²) in [6.45, 7) is 10.9.